The van der Waals surface area contributed by atoms with Crippen molar-refractivity contribution in [1.82, 2.24) is 14.5 Å². The van der Waals surface area contributed by atoms with Gasteiger partial charge in [0.05, 0.1) is 5.52 Å². The quantitative estimate of drug-likeness (QED) is 0.546. The van der Waals surface area contributed by atoms with E-state index >= 15 is 0 Å². The van der Waals surface area contributed by atoms with Crippen molar-refractivity contribution in [3.8, 4) is 17.0 Å². The van der Waals surface area contributed by atoms with Crippen molar-refractivity contribution in [1.29, 1.82) is 0 Å². The molecule has 0 unspecified atom stereocenters. The van der Waals surface area contributed by atoms with Crippen molar-refractivity contribution in [2.45, 2.75) is 25.4 Å². The molecule has 0 amide bonds. The van der Waals surface area contributed by atoms with Crippen LogP contribution in [-0.4, -0.2) is 20.6 Å². The Hall–Kier alpha value is -2.88. The smallest absolute Gasteiger partial charge is 0.213 e. The lowest BCUT2D eigenvalue weighted by Crippen LogP contribution is -2.24. The van der Waals surface area contributed by atoms with E-state index in [4.69, 9.17) is 4.74 Å². The molecule has 1 aliphatic carbocycles. The van der Waals surface area contributed by atoms with E-state index in [9.17, 15) is 0 Å². The highest BCUT2D eigenvalue weighted by Gasteiger charge is 2.19. The van der Waals surface area contributed by atoms with Crippen molar-refractivity contribution >= 4 is 21.8 Å². The number of nitrogens with zero attached hydrogens (tertiary/aromatic N) is 3. The first-order valence-corrected chi connectivity index (χ1v) is 8.75. The predicted molar refractivity (Wildman–Crippen MR) is 99.7 cm³/mol. The topological polar surface area (TPSA) is 39.9 Å². The Labute approximate surface area is 146 Å². The predicted octanol–water partition coefficient (Wildman–Crippen LogP) is 4.72. The Morgan fingerprint density at radius 3 is 2.60 bits per heavy atom. The Bertz CT molecular complexity index is 1060. The number of aromatic nitrogens is 3. The first-order valence-electron chi connectivity index (χ1n) is 8.75. The van der Waals surface area contributed by atoms with Crippen LogP contribution in [0.3, 0.4) is 0 Å². The molecule has 0 N–H and O–H groups in total. The molecule has 4 aromatic rings. The fourth-order valence-corrected chi connectivity index (χ4v) is 3.51. The summed E-state index contributed by atoms with van der Waals surface area (Å²) < 4.78 is 8.07. The number of fused-ring (bicyclic) bond motifs is 3. The Kier molecular flexibility index (Phi) is 3.23. The summed E-state index contributed by atoms with van der Waals surface area (Å²) in [6.07, 6.45) is 9.60. The number of benzene rings is 1. The zero-order valence-corrected chi connectivity index (χ0v) is 14.1. The van der Waals surface area contributed by atoms with Crippen LogP contribution in [0.25, 0.3) is 32.9 Å². The molecule has 0 atom stereocenters. The van der Waals surface area contributed by atoms with E-state index < -0.39 is 0 Å². The molecule has 3 aromatic heterocycles. The second-order valence-corrected chi connectivity index (χ2v) is 6.74. The number of ether oxygens (including phenoxy) is 1. The summed E-state index contributed by atoms with van der Waals surface area (Å²) in [5.41, 5.74) is 4.67. The fraction of sp³-hybridized carbons (Fsp3) is 0.238. The molecule has 0 aliphatic heterocycles. The molecular formula is C21H19N3O. The van der Waals surface area contributed by atoms with Gasteiger partial charge in [0.25, 0.3) is 0 Å². The van der Waals surface area contributed by atoms with Crippen LogP contribution in [0.15, 0.2) is 55.0 Å². The van der Waals surface area contributed by atoms with E-state index in [0.717, 1.165) is 29.8 Å². The number of pyridine rings is 2. The van der Waals surface area contributed by atoms with Crippen molar-refractivity contribution in [2.75, 3.05) is 0 Å². The summed E-state index contributed by atoms with van der Waals surface area (Å²) in [6.45, 7) is 0. The first kappa shape index (κ1) is 14.5. The molecule has 4 nitrogen and oxygen atoms in total. The summed E-state index contributed by atoms with van der Waals surface area (Å²) in [5, 5.41) is 2.42. The van der Waals surface area contributed by atoms with Crippen LogP contribution in [0.2, 0.25) is 0 Å². The summed E-state index contributed by atoms with van der Waals surface area (Å²) >= 11 is 0. The summed E-state index contributed by atoms with van der Waals surface area (Å²) in [7, 11) is 2.10. The first-order chi connectivity index (χ1) is 12.3. The maximum atomic E-state index is 5.85. The Balaban J connectivity index is 1.54. The SMILES string of the molecule is Cn1c2ccncc2c2ccc(-c3ccc(OC4CCC4)nc3)cc21. The minimum atomic E-state index is 0.360. The van der Waals surface area contributed by atoms with Crippen LogP contribution in [-0.2, 0) is 7.05 Å². The zero-order valence-electron chi connectivity index (χ0n) is 14.1. The standard InChI is InChI=1S/C21H19N3O/c1-24-19-9-10-22-13-18(19)17-7-5-14(11-20(17)24)15-6-8-21(23-12-15)25-16-3-2-4-16/h5-13,16H,2-4H2,1H3. The van der Waals surface area contributed by atoms with Crippen molar-refractivity contribution in [3.05, 3.63) is 55.0 Å². The third-order valence-corrected chi connectivity index (χ3v) is 5.22. The molecule has 1 aromatic carbocycles. The second-order valence-electron chi connectivity index (χ2n) is 6.74. The molecule has 0 bridgehead atoms. The fourth-order valence-electron chi connectivity index (χ4n) is 3.51. The molecule has 25 heavy (non-hydrogen) atoms. The average molecular weight is 329 g/mol. The normalized spacial score (nSPS) is 14.8. The van der Waals surface area contributed by atoms with Gasteiger partial charge in [0.15, 0.2) is 0 Å². The lowest BCUT2D eigenvalue weighted by Gasteiger charge is -2.25. The highest BCUT2D eigenvalue weighted by atomic mass is 16.5. The molecule has 1 saturated carbocycles. The summed E-state index contributed by atoms with van der Waals surface area (Å²) in [5.74, 6) is 0.727. The van der Waals surface area contributed by atoms with Gasteiger partial charge in [-0.05, 0) is 43.0 Å². The molecular weight excluding hydrogens is 310 g/mol. The van der Waals surface area contributed by atoms with E-state index in [1.54, 1.807) is 0 Å². The van der Waals surface area contributed by atoms with Gasteiger partial charge in [0.2, 0.25) is 5.88 Å². The van der Waals surface area contributed by atoms with Gasteiger partial charge in [-0.25, -0.2) is 4.98 Å². The Morgan fingerprint density at radius 2 is 1.84 bits per heavy atom. The molecule has 4 heteroatoms. The third-order valence-electron chi connectivity index (χ3n) is 5.22. The number of hydrogen-bond donors (Lipinski definition) is 0. The molecule has 1 aliphatic rings. The van der Waals surface area contributed by atoms with Gasteiger partial charge in [-0.1, -0.05) is 12.1 Å². The van der Waals surface area contributed by atoms with Crippen molar-refractivity contribution in [3.63, 3.8) is 0 Å². The average Bonchev–Trinajstić information content (AvgIpc) is 2.91. The summed E-state index contributed by atoms with van der Waals surface area (Å²) in [6, 6.07) is 12.7. The van der Waals surface area contributed by atoms with Crippen molar-refractivity contribution in [2.24, 2.45) is 7.05 Å². The van der Waals surface area contributed by atoms with Gasteiger partial charge in [-0.3, -0.25) is 4.98 Å². The monoisotopic (exact) mass is 329 g/mol. The maximum absolute atomic E-state index is 5.85. The highest BCUT2D eigenvalue weighted by Crippen LogP contribution is 2.31. The van der Waals surface area contributed by atoms with E-state index in [-0.39, 0.29) is 0 Å². The molecule has 5 rings (SSSR count). The van der Waals surface area contributed by atoms with Crippen LogP contribution in [0.4, 0.5) is 0 Å². The lowest BCUT2D eigenvalue weighted by atomic mass is 9.96. The number of hydrogen-bond acceptors (Lipinski definition) is 3. The molecule has 0 saturated heterocycles. The molecule has 124 valence electrons. The van der Waals surface area contributed by atoms with Crippen molar-refractivity contribution < 1.29 is 4.74 Å². The van der Waals surface area contributed by atoms with Gasteiger partial charge in [0.1, 0.15) is 6.10 Å². The minimum absolute atomic E-state index is 0.360. The van der Waals surface area contributed by atoms with E-state index in [1.807, 2.05) is 24.7 Å². The number of rotatable bonds is 3. The molecule has 1 fully saturated rings. The lowest BCUT2D eigenvalue weighted by molar-refractivity contribution is 0.114. The zero-order chi connectivity index (χ0) is 16.8. The maximum Gasteiger partial charge on any atom is 0.213 e. The van der Waals surface area contributed by atoms with E-state index in [2.05, 4.69) is 51.9 Å². The van der Waals surface area contributed by atoms with Gasteiger partial charge in [-0.2, -0.15) is 0 Å². The van der Waals surface area contributed by atoms with Gasteiger partial charge in [-0.15, -0.1) is 0 Å². The van der Waals surface area contributed by atoms with Crippen LogP contribution in [0.5, 0.6) is 5.88 Å². The largest absolute Gasteiger partial charge is 0.474 e. The second kappa shape index (κ2) is 5.59. The van der Waals surface area contributed by atoms with Gasteiger partial charge in [0, 0.05) is 53.6 Å². The number of aryl methyl sites for hydroxylation is 1. The van der Waals surface area contributed by atoms with E-state index in [1.165, 1.54) is 28.2 Å². The van der Waals surface area contributed by atoms with E-state index in [0.29, 0.717) is 6.10 Å². The third kappa shape index (κ3) is 2.37. The molecule has 0 spiro atoms. The molecule has 3 heterocycles. The summed E-state index contributed by atoms with van der Waals surface area (Å²) in [4.78, 5) is 8.75. The van der Waals surface area contributed by atoms with Gasteiger partial charge >= 0.3 is 0 Å². The Morgan fingerprint density at radius 1 is 0.960 bits per heavy atom. The minimum Gasteiger partial charge on any atom is -0.474 e. The van der Waals surface area contributed by atoms with Crippen LogP contribution in [0.1, 0.15) is 19.3 Å². The highest BCUT2D eigenvalue weighted by molar-refractivity contribution is 6.08. The van der Waals surface area contributed by atoms with Gasteiger partial charge < -0.3 is 9.30 Å². The van der Waals surface area contributed by atoms with Crippen LogP contribution >= 0.6 is 0 Å². The molecule has 0 radical (unpaired) electrons. The van der Waals surface area contributed by atoms with Crippen LogP contribution < -0.4 is 4.74 Å². The van der Waals surface area contributed by atoms with Crippen LogP contribution in [0, 0.1) is 0 Å².